The van der Waals surface area contributed by atoms with Crippen LogP contribution in [0, 0.1) is 5.92 Å². The number of amides is 2. The molecule has 1 fully saturated rings. The van der Waals surface area contributed by atoms with Crippen molar-refractivity contribution in [3.63, 3.8) is 0 Å². The van der Waals surface area contributed by atoms with Crippen molar-refractivity contribution < 1.29 is 14.4 Å². The quantitative estimate of drug-likeness (QED) is 0.786. The lowest BCUT2D eigenvalue weighted by Gasteiger charge is -2.32. The average molecular weight is 317 g/mol. The van der Waals surface area contributed by atoms with Crippen LogP contribution in [0.1, 0.15) is 40.5 Å². The molecular formula is C17H23N3O3. The second kappa shape index (κ2) is 7.87. The Balaban J connectivity index is 2.01. The summed E-state index contributed by atoms with van der Waals surface area (Å²) in [7, 11) is 0. The van der Waals surface area contributed by atoms with E-state index < -0.39 is 0 Å². The van der Waals surface area contributed by atoms with E-state index >= 15 is 0 Å². The van der Waals surface area contributed by atoms with Crippen LogP contribution >= 0.6 is 0 Å². The minimum absolute atomic E-state index is 0.0291. The summed E-state index contributed by atoms with van der Waals surface area (Å²) < 4.78 is 0. The van der Waals surface area contributed by atoms with E-state index in [1.165, 1.54) is 6.92 Å². The van der Waals surface area contributed by atoms with E-state index in [0.29, 0.717) is 37.3 Å². The zero-order valence-corrected chi connectivity index (χ0v) is 13.4. The van der Waals surface area contributed by atoms with Crippen molar-refractivity contribution in [2.24, 2.45) is 11.7 Å². The van der Waals surface area contributed by atoms with Gasteiger partial charge in [0.2, 0.25) is 5.91 Å². The predicted molar refractivity (Wildman–Crippen MR) is 87.1 cm³/mol. The minimum Gasteiger partial charge on any atom is -0.355 e. The van der Waals surface area contributed by atoms with Crippen LogP contribution in [0.5, 0.6) is 0 Å². The summed E-state index contributed by atoms with van der Waals surface area (Å²) in [4.78, 5) is 37.6. The van der Waals surface area contributed by atoms with Gasteiger partial charge in [-0.25, -0.2) is 0 Å². The van der Waals surface area contributed by atoms with Crippen molar-refractivity contribution in [3.8, 4) is 0 Å². The number of nitrogens with zero attached hydrogens (tertiary/aromatic N) is 1. The number of rotatable bonds is 5. The first kappa shape index (κ1) is 17.1. The lowest BCUT2D eigenvalue weighted by Crippen LogP contribution is -2.46. The third-order valence-corrected chi connectivity index (χ3v) is 4.06. The van der Waals surface area contributed by atoms with Crippen LogP contribution in [0.3, 0.4) is 0 Å². The van der Waals surface area contributed by atoms with Gasteiger partial charge in [0.1, 0.15) is 0 Å². The molecule has 0 saturated carbocycles. The molecular weight excluding hydrogens is 294 g/mol. The Kier molecular flexibility index (Phi) is 5.87. The number of likely N-dealkylation sites (tertiary alicyclic amines) is 1. The predicted octanol–water partition coefficient (Wildman–Crippen LogP) is 0.816. The molecule has 0 aromatic heterocycles. The summed E-state index contributed by atoms with van der Waals surface area (Å²) in [5.41, 5.74) is 6.51. The number of hydrogen-bond donors (Lipinski definition) is 2. The lowest BCUT2D eigenvalue weighted by atomic mass is 9.96. The molecule has 2 rings (SSSR count). The van der Waals surface area contributed by atoms with E-state index in [1.54, 1.807) is 29.2 Å². The van der Waals surface area contributed by atoms with Crippen molar-refractivity contribution in [1.82, 2.24) is 10.2 Å². The van der Waals surface area contributed by atoms with Crippen LogP contribution in [-0.4, -0.2) is 48.7 Å². The molecule has 6 nitrogen and oxygen atoms in total. The Morgan fingerprint density at radius 1 is 1.22 bits per heavy atom. The molecule has 1 aromatic rings. The molecule has 1 aromatic carbocycles. The average Bonchev–Trinajstić information content (AvgIpc) is 2.59. The molecule has 0 bridgehead atoms. The zero-order valence-electron chi connectivity index (χ0n) is 13.4. The second-order valence-corrected chi connectivity index (χ2v) is 5.80. The summed E-state index contributed by atoms with van der Waals surface area (Å²) in [5.74, 6) is -0.356. The maximum atomic E-state index is 12.6. The molecule has 3 N–H and O–H groups in total. The molecule has 6 heteroatoms. The maximum absolute atomic E-state index is 12.6. The third-order valence-electron chi connectivity index (χ3n) is 4.06. The number of Topliss-reactive ketones (excluding diaryl/α,β-unsaturated/α-hetero) is 1. The van der Waals surface area contributed by atoms with Crippen LogP contribution < -0.4 is 11.1 Å². The first-order valence-corrected chi connectivity index (χ1v) is 7.91. The second-order valence-electron chi connectivity index (χ2n) is 5.80. The van der Waals surface area contributed by atoms with Gasteiger partial charge < -0.3 is 16.0 Å². The highest BCUT2D eigenvalue weighted by molar-refractivity contribution is 5.98. The summed E-state index contributed by atoms with van der Waals surface area (Å²) in [6.45, 7) is 3.42. The van der Waals surface area contributed by atoms with Gasteiger partial charge in [0.05, 0.1) is 5.92 Å². The van der Waals surface area contributed by atoms with Crippen LogP contribution in [0.2, 0.25) is 0 Å². The molecule has 0 radical (unpaired) electrons. The monoisotopic (exact) mass is 317 g/mol. The van der Waals surface area contributed by atoms with Crippen LogP contribution in [0.4, 0.5) is 0 Å². The summed E-state index contributed by atoms with van der Waals surface area (Å²) in [6, 6.07) is 6.64. The molecule has 1 aliphatic rings. The zero-order chi connectivity index (χ0) is 16.8. The fraction of sp³-hybridized carbons (Fsp3) is 0.471. The van der Waals surface area contributed by atoms with E-state index in [0.717, 1.165) is 12.8 Å². The van der Waals surface area contributed by atoms with Crippen LogP contribution in [0.15, 0.2) is 24.3 Å². The molecule has 1 atom stereocenters. The summed E-state index contributed by atoms with van der Waals surface area (Å²) >= 11 is 0. The number of carbonyl (C=O) groups excluding carboxylic acids is 3. The molecule has 1 saturated heterocycles. The van der Waals surface area contributed by atoms with Crippen LogP contribution in [-0.2, 0) is 4.79 Å². The molecule has 0 spiro atoms. The standard InChI is InChI=1S/C17H23N3O3/c1-12(21)13-4-6-14(7-5-13)17(23)20-10-2-3-15(11-20)16(22)19-9-8-18/h4-7,15H,2-3,8-11,18H2,1H3,(H,19,22). The van der Waals surface area contributed by atoms with Crippen molar-refractivity contribution in [2.75, 3.05) is 26.2 Å². The Labute approximate surface area is 136 Å². The first-order valence-electron chi connectivity index (χ1n) is 7.91. The SMILES string of the molecule is CC(=O)c1ccc(C(=O)N2CCCC(C(=O)NCCN)C2)cc1. The highest BCUT2D eigenvalue weighted by Gasteiger charge is 2.28. The van der Waals surface area contributed by atoms with Crippen LogP contribution in [0.25, 0.3) is 0 Å². The largest absolute Gasteiger partial charge is 0.355 e. The first-order chi connectivity index (χ1) is 11.0. The minimum atomic E-state index is -0.184. The normalized spacial score (nSPS) is 17.7. The summed E-state index contributed by atoms with van der Waals surface area (Å²) in [6.07, 6.45) is 1.58. The molecule has 23 heavy (non-hydrogen) atoms. The van der Waals surface area contributed by atoms with Gasteiger partial charge in [-0.3, -0.25) is 14.4 Å². The molecule has 1 heterocycles. The van der Waals surface area contributed by atoms with Gasteiger partial charge in [-0.05, 0) is 31.9 Å². The Hall–Kier alpha value is -2.21. The molecule has 1 aliphatic heterocycles. The number of hydrogen-bond acceptors (Lipinski definition) is 4. The highest BCUT2D eigenvalue weighted by Crippen LogP contribution is 2.19. The topological polar surface area (TPSA) is 92.5 Å². The van der Waals surface area contributed by atoms with E-state index in [4.69, 9.17) is 5.73 Å². The molecule has 0 aliphatic carbocycles. The lowest BCUT2D eigenvalue weighted by molar-refractivity contribution is -0.126. The van der Waals surface area contributed by atoms with Crippen molar-refractivity contribution in [2.45, 2.75) is 19.8 Å². The Morgan fingerprint density at radius 3 is 2.48 bits per heavy atom. The summed E-state index contributed by atoms with van der Waals surface area (Å²) in [5, 5.41) is 2.78. The van der Waals surface area contributed by atoms with Gasteiger partial charge in [0.15, 0.2) is 5.78 Å². The third kappa shape index (κ3) is 4.39. The fourth-order valence-electron chi connectivity index (χ4n) is 2.75. The van der Waals surface area contributed by atoms with Gasteiger partial charge in [-0.15, -0.1) is 0 Å². The van der Waals surface area contributed by atoms with E-state index in [-0.39, 0.29) is 23.5 Å². The number of nitrogens with one attached hydrogen (secondary N) is 1. The number of nitrogens with two attached hydrogens (primary N) is 1. The van der Waals surface area contributed by atoms with Gasteiger partial charge in [0.25, 0.3) is 5.91 Å². The fourth-order valence-corrected chi connectivity index (χ4v) is 2.75. The van der Waals surface area contributed by atoms with Gasteiger partial charge in [0, 0.05) is 37.3 Å². The Morgan fingerprint density at radius 2 is 1.87 bits per heavy atom. The van der Waals surface area contributed by atoms with E-state index in [2.05, 4.69) is 5.32 Å². The van der Waals surface area contributed by atoms with Crippen molar-refractivity contribution in [3.05, 3.63) is 35.4 Å². The number of ketones is 1. The van der Waals surface area contributed by atoms with Gasteiger partial charge in [-0.2, -0.15) is 0 Å². The Bertz CT molecular complexity index is 583. The molecule has 2 amide bonds. The molecule has 124 valence electrons. The van der Waals surface area contributed by atoms with Gasteiger partial charge >= 0.3 is 0 Å². The number of benzene rings is 1. The number of carbonyl (C=O) groups is 3. The highest BCUT2D eigenvalue weighted by atomic mass is 16.2. The number of piperidine rings is 1. The molecule has 1 unspecified atom stereocenters. The van der Waals surface area contributed by atoms with Crippen molar-refractivity contribution >= 4 is 17.6 Å². The smallest absolute Gasteiger partial charge is 0.253 e. The van der Waals surface area contributed by atoms with E-state index in [1.807, 2.05) is 0 Å². The van der Waals surface area contributed by atoms with Crippen molar-refractivity contribution in [1.29, 1.82) is 0 Å². The maximum Gasteiger partial charge on any atom is 0.253 e. The van der Waals surface area contributed by atoms with E-state index in [9.17, 15) is 14.4 Å². The van der Waals surface area contributed by atoms with Gasteiger partial charge in [-0.1, -0.05) is 12.1 Å².